The maximum atomic E-state index is 12.2. The Morgan fingerprint density at radius 2 is 1.96 bits per heavy atom. The second-order valence-corrected chi connectivity index (χ2v) is 6.91. The van der Waals surface area contributed by atoms with Gasteiger partial charge in [-0.25, -0.2) is 14.8 Å². The first-order valence-corrected chi connectivity index (χ1v) is 9.09. The molecule has 2 aromatic rings. The number of likely N-dealkylation sites (tertiary alicyclic amines) is 1. The van der Waals surface area contributed by atoms with Gasteiger partial charge in [-0.05, 0) is 38.2 Å². The van der Waals surface area contributed by atoms with Crippen LogP contribution in [0.3, 0.4) is 0 Å². The first kappa shape index (κ1) is 18.2. The van der Waals surface area contributed by atoms with Gasteiger partial charge in [0.2, 0.25) is 0 Å². The van der Waals surface area contributed by atoms with Crippen LogP contribution in [0, 0.1) is 19.8 Å². The second-order valence-electron chi connectivity index (χ2n) is 6.91. The number of ether oxygens (including phenoxy) is 1. The third-order valence-corrected chi connectivity index (χ3v) is 4.81. The fourth-order valence-electron chi connectivity index (χ4n) is 3.07. The fourth-order valence-corrected chi connectivity index (χ4v) is 3.07. The Bertz CT molecular complexity index is 725. The lowest BCUT2D eigenvalue weighted by molar-refractivity contribution is 0.0832. The largest absolute Gasteiger partial charge is 0.445 e. The van der Waals surface area contributed by atoms with E-state index in [9.17, 15) is 4.79 Å². The number of nitrogens with zero attached hydrogens (tertiary/aromatic N) is 3. The number of hydrogen-bond donors (Lipinski definition) is 1. The minimum atomic E-state index is -0.219. The first-order valence-electron chi connectivity index (χ1n) is 9.09. The molecule has 1 aromatic heterocycles. The van der Waals surface area contributed by atoms with Gasteiger partial charge >= 0.3 is 6.09 Å². The van der Waals surface area contributed by atoms with Gasteiger partial charge in [0, 0.05) is 31.4 Å². The summed E-state index contributed by atoms with van der Waals surface area (Å²) in [5.41, 5.74) is 3.26. The van der Waals surface area contributed by atoms with Crippen molar-refractivity contribution in [3.8, 4) is 0 Å². The van der Waals surface area contributed by atoms with Gasteiger partial charge in [0.05, 0.1) is 0 Å². The molecule has 1 saturated heterocycles. The summed E-state index contributed by atoms with van der Waals surface area (Å²) in [7, 11) is 0. The van der Waals surface area contributed by atoms with Crippen molar-refractivity contribution < 1.29 is 9.53 Å². The Morgan fingerprint density at radius 3 is 2.65 bits per heavy atom. The maximum absolute atomic E-state index is 12.2. The number of aromatic nitrogens is 2. The van der Waals surface area contributed by atoms with Crippen LogP contribution in [0.15, 0.2) is 36.8 Å². The van der Waals surface area contributed by atoms with Gasteiger partial charge in [-0.3, -0.25) is 0 Å². The number of carbonyl (C=O) groups excluding carboxylic acids is 1. The van der Waals surface area contributed by atoms with Crippen molar-refractivity contribution in [3.63, 3.8) is 0 Å². The highest BCUT2D eigenvalue weighted by Gasteiger charge is 2.23. The van der Waals surface area contributed by atoms with Crippen LogP contribution in [0.1, 0.15) is 29.5 Å². The zero-order valence-corrected chi connectivity index (χ0v) is 15.4. The molecule has 6 nitrogen and oxygen atoms in total. The highest BCUT2D eigenvalue weighted by atomic mass is 16.6. The molecule has 0 atom stereocenters. The van der Waals surface area contributed by atoms with Crippen molar-refractivity contribution in [2.75, 3.05) is 25.0 Å². The molecule has 0 unspecified atom stereocenters. The van der Waals surface area contributed by atoms with E-state index in [1.165, 1.54) is 5.56 Å². The van der Waals surface area contributed by atoms with Crippen LogP contribution in [-0.2, 0) is 11.3 Å². The van der Waals surface area contributed by atoms with Crippen LogP contribution >= 0.6 is 0 Å². The highest BCUT2D eigenvalue weighted by molar-refractivity contribution is 5.67. The molecule has 1 aliphatic rings. The summed E-state index contributed by atoms with van der Waals surface area (Å²) in [6.07, 6.45) is 5.08. The van der Waals surface area contributed by atoms with E-state index >= 15 is 0 Å². The van der Waals surface area contributed by atoms with E-state index in [2.05, 4.69) is 15.3 Å². The van der Waals surface area contributed by atoms with Crippen molar-refractivity contribution in [2.45, 2.75) is 33.3 Å². The molecule has 138 valence electrons. The summed E-state index contributed by atoms with van der Waals surface area (Å²) >= 11 is 0. The predicted octanol–water partition coefficient (Wildman–Crippen LogP) is 3.55. The number of aryl methyl sites for hydroxylation is 2. The lowest BCUT2D eigenvalue weighted by Gasteiger charge is -2.31. The first-order chi connectivity index (χ1) is 12.6. The van der Waals surface area contributed by atoms with Gasteiger partial charge in [-0.2, -0.15) is 0 Å². The van der Waals surface area contributed by atoms with Gasteiger partial charge in [-0.1, -0.05) is 29.8 Å². The third kappa shape index (κ3) is 4.94. The number of anilines is 1. The molecule has 0 aliphatic carbocycles. The van der Waals surface area contributed by atoms with E-state index in [-0.39, 0.29) is 6.09 Å². The summed E-state index contributed by atoms with van der Waals surface area (Å²) in [6.45, 7) is 6.71. The average Bonchev–Trinajstić information content (AvgIpc) is 2.67. The number of carbonyl (C=O) groups is 1. The van der Waals surface area contributed by atoms with E-state index in [4.69, 9.17) is 4.74 Å². The zero-order valence-electron chi connectivity index (χ0n) is 15.4. The van der Waals surface area contributed by atoms with E-state index < -0.39 is 0 Å². The zero-order chi connectivity index (χ0) is 18.4. The minimum Gasteiger partial charge on any atom is -0.445 e. The third-order valence-electron chi connectivity index (χ3n) is 4.81. The topological polar surface area (TPSA) is 67.3 Å². The quantitative estimate of drug-likeness (QED) is 0.889. The second kappa shape index (κ2) is 8.65. The van der Waals surface area contributed by atoms with Gasteiger partial charge in [0.15, 0.2) is 0 Å². The van der Waals surface area contributed by atoms with E-state index in [1.54, 1.807) is 11.2 Å². The summed E-state index contributed by atoms with van der Waals surface area (Å²) < 4.78 is 5.44. The molecule has 0 bridgehead atoms. The molecule has 0 spiro atoms. The molecule has 1 fully saturated rings. The normalized spacial score (nSPS) is 14.9. The van der Waals surface area contributed by atoms with Crippen LogP contribution in [0.25, 0.3) is 0 Å². The van der Waals surface area contributed by atoms with Crippen molar-refractivity contribution in [1.29, 1.82) is 0 Å². The van der Waals surface area contributed by atoms with Crippen molar-refractivity contribution in [2.24, 2.45) is 5.92 Å². The van der Waals surface area contributed by atoms with Gasteiger partial charge in [-0.15, -0.1) is 0 Å². The van der Waals surface area contributed by atoms with Crippen LogP contribution in [0.5, 0.6) is 0 Å². The molecule has 0 radical (unpaired) electrons. The van der Waals surface area contributed by atoms with Gasteiger partial charge in [0.1, 0.15) is 18.8 Å². The molecular weight excluding hydrogens is 328 g/mol. The molecule has 1 aliphatic heterocycles. The van der Waals surface area contributed by atoms with Crippen LogP contribution in [0.4, 0.5) is 10.6 Å². The number of rotatable bonds is 5. The number of amides is 1. The monoisotopic (exact) mass is 354 g/mol. The van der Waals surface area contributed by atoms with Crippen molar-refractivity contribution in [1.82, 2.24) is 14.9 Å². The van der Waals surface area contributed by atoms with Crippen LogP contribution < -0.4 is 5.32 Å². The molecule has 0 saturated carbocycles. The standard InChI is InChI=1S/C20H26N4O2/c1-15-3-5-18(6-4-15)13-26-20(25)24-9-7-17(8-10-24)12-22-19-16(2)11-21-14-23-19/h3-6,11,14,17H,7-10,12-13H2,1-2H3,(H,21,22,23). The SMILES string of the molecule is Cc1ccc(COC(=O)N2CCC(CNc3ncncc3C)CC2)cc1. The number of piperidine rings is 1. The Balaban J connectivity index is 1.39. The lowest BCUT2D eigenvalue weighted by Crippen LogP contribution is -2.40. The molecule has 1 amide bonds. The molecule has 26 heavy (non-hydrogen) atoms. The van der Waals surface area contributed by atoms with Crippen molar-refractivity contribution >= 4 is 11.9 Å². The highest BCUT2D eigenvalue weighted by Crippen LogP contribution is 2.19. The smallest absolute Gasteiger partial charge is 0.410 e. The van der Waals surface area contributed by atoms with Gasteiger partial charge < -0.3 is 15.0 Å². The number of benzene rings is 1. The summed E-state index contributed by atoms with van der Waals surface area (Å²) in [5.74, 6) is 1.42. The number of hydrogen-bond acceptors (Lipinski definition) is 5. The minimum absolute atomic E-state index is 0.219. The fraction of sp³-hybridized carbons (Fsp3) is 0.450. The van der Waals surface area contributed by atoms with Gasteiger partial charge in [0.25, 0.3) is 0 Å². The molecule has 2 heterocycles. The predicted molar refractivity (Wildman–Crippen MR) is 101 cm³/mol. The molecule has 3 rings (SSSR count). The molecular formula is C20H26N4O2. The Kier molecular flexibility index (Phi) is 6.04. The van der Waals surface area contributed by atoms with Crippen molar-refractivity contribution in [3.05, 3.63) is 53.5 Å². The van der Waals surface area contributed by atoms with E-state index in [1.807, 2.05) is 44.3 Å². The molecule has 1 N–H and O–H groups in total. The average molecular weight is 354 g/mol. The molecule has 1 aromatic carbocycles. The summed E-state index contributed by atoms with van der Waals surface area (Å²) in [4.78, 5) is 22.3. The van der Waals surface area contributed by atoms with E-state index in [0.717, 1.165) is 49.4 Å². The Morgan fingerprint density at radius 1 is 1.23 bits per heavy atom. The lowest BCUT2D eigenvalue weighted by atomic mass is 9.97. The Hall–Kier alpha value is -2.63. The van der Waals surface area contributed by atoms with Crippen LogP contribution in [0.2, 0.25) is 0 Å². The summed E-state index contributed by atoms with van der Waals surface area (Å²) in [5, 5.41) is 3.39. The number of nitrogens with one attached hydrogen (secondary N) is 1. The van der Waals surface area contributed by atoms with E-state index in [0.29, 0.717) is 12.5 Å². The van der Waals surface area contributed by atoms with Crippen LogP contribution in [-0.4, -0.2) is 40.6 Å². The maximum Gasteiger partial charge on any atom is 0.410 e. The molecule has 6 heteroatoms. The Labute approximate surface area is 154 Å². The summed E-state index contributed by atoms with van der Waals surface area (Å²) in [6, 6.07) is 8.05.